The number of rotatable bonds is 6. The van der Waals surface area contributed by atoms with E-state index in [2.05, 4.69) is 16.7 Å². The molecule has 0 fully saturated rings. The summed E-state index contributed by atoms with van der Waals surface area (Å²) >= 11 is 1.67. The van der Waals surface area contributed by atoms with Crippen molar-refractivity contribution in [3.63, 3.8) is 0 Å². The Morgan fingerprint density at radius 3 is 2.21 bits per heavy atom. The van der Waals surface area contributed by atoms with Crippen molar-refractivity contribution in [2.75, 3.05) is 6.61 Å². The number of fused-ring (bicyclic) bond motifs is 3. The lowest BCUT2D eigenvalue weighted by Gasteiger charge is -2.13. The molecule has 5 heteroatoms. The number of carbonyl (C=O) groups excluding carboxylic acids is 1. The smallest absolute Gasteiger partial charge is 0.340 e. The van der Waals surface area contributed by atoms with Gasteiger partial charge < -0.3 is 14.4 Å². The van der Waals surface area contributed by atoms with Crippen molar-refractivity contribution in [3.05, 3.63) is 102 Å². The van der Waals surface area contributed by atoms with Gasteiger partial charge >= 0.3 is 5.97 Å². The molecule has 5 rings (SSSR count). The standard InChI is InChI=1S/C28H23NO3S/c1-2-32-28(31)26-23-17-25(30)21-15-9-10-16-22(21)27(23)29(19-11-5-3-6-12-19)24(26)18-33-20-13-7-4-8-14-20/h3-17,30H,2,18H2,1H3. The fraction of sp³-hybridized carbons (Fsp3) is 0.107. The highest BCUT2D eigenvalue weighted by Crippen LogP contribution is 2.41. The number of phenolic OH excluding ortho intramolecular Hbond substituents is 1. The number of thioether (sulfide) groups is 1. The summed E-state index contributed by atoms with van der Waals surface area (Å²) in [7, 11) is 0. The zero-order valence-corrected chi connectivity index (χ0v) is 19.0. The first-order valence-corrected chi connectivity index (χ1v) is 11.9. The van der Waals surface area contributed by atoms with Crippen LogP contribution in [-0.4, -0.2) is 22.2 Å². The van der Waals surface area contributed by atoms with Crippen molar-refractivity contribution >= 4 is 39.4 Å². The Morgan fingerprint density at radius 1 is 0.879 bits per heavy atom. The van der Waals surface area contributed by atoms with Crippen LogP contribution in [0.3, 0.4) is 0 Å². The van der Waals surface area contributed by atoms with Gasteiger partial charge in [-0.3, -0.25) is 0 Å². The van der Waals surface area contributed by atoms with E-state index in [0.717, 1.165) is 32.6 Å². The van der Waals surface area contributed by atoms with Crippen LogP contribution in [0.1, 0.15) is 23.0 Å². The number of hydrogen-bond acceptors (Lipinski definition) is 4. The maximum absolute atomic E-state index is 13.3. The van der Waals surface area contributed by atoms with Gasteiger partial charge in [-0.05, 0) is 37.3 Å². The van der Waals surface area contributed by atoms with Gasteiger partial charge in [-0.15, -0.1) is 11.8 Å². The predicted molar refractivity (Wildman–Crippen MR) is 134 cm³/mol. The molecule has 0 spiro atoms. The number of ether oxygens (including phenoxy) is 1. The highest BCUT2D eigenvalue weighted by atomic mass is 32.2. The van der Waals surface area contributed by atoms with E-state index in [0.29, 0.717) is 16.7 Å². The lowest BCUT2D eigenvalue weighted by atomic mass is 10.0. The molecule has 0 bridgehead atoms. The van der Waals surface area contributed by atoms with Gasteiger partial charge in [-0.25, -0.2) is 4.79 Å². The fourth-order valence-corrected chi connectivity index (χ4v) is 5.20. The van der Waals surface area contributed by atoms with E-state index in [-0.39, 0.29) is 18.3 Å². The highest BCUT2D eigenvalue weighted by molar-refractivity contribution is 7.98. The van der Waals surface area contributed by atoms with E-state index in [1.54, 1.807) is 24.8 Å². The van der Waals surface area contributed by atoms with E-state index in [1.165, 1.54) is 0 Å². The first kappa shape index (κ1) is 21.2. The molecule has 0 saturated carbocycles. The van der Waals surface area contributed by atoms with E-state index >= 15 is 0 Å². The molecule has 1 N–H and O–H groups in total. The molecular weight excluding hydrogens is 430 g/mol. The van der Waals surface area contributed by atoms with Crippen LogP contribution in [0.2, 0.25) is 0 Å². The summed E-state index contributed by atoms with van der Waals surface area (Å²) in [5.74, 6) is 0.336. The second-order valence-electron chi connectivity index (χ2n) is 7.65. The van der Waals surface area contributed by atoms with E-state index in [9.17, 15) is 9.90 Å². The van der Waals surface area contributed by atoms with Crippen LogP contribution >= 0.6 is 11.8 Å². The summed E-state index contributed by atoms with van der Waals surface area (Å²) in [6, 6.07) is 29.6. The molecule has 4 aromatic carbocycles. The summed E-state index contributed by atoms with van der Waals surface area (Å²) in [6.45, 7) is 2.08. The number of para-hydroxylation sites is 1. The molecule has 164 valence electrons. The Morgan fingerprint density at radius 2 is 1.52 bits per heavy atom. The number of nitrogens with zero attached hydrogens (tertiary/aromatic N) is 1. The first-order chi connectivity index (χ1) is 16.2. The van der Waals surface area contributed by atoms with Gasteiger partial charge in [0.25, 0.3) is 0 Å². The summed E-state index contributed by atoms with van der Waals surface area (Å²) in [5, 5.41) is 13.1. The lowest BCUT2D eigenvalue weighted by molar-refractivity contribution is 0.0527. The number of aromatic hydroxyl groups is 1. The molecule has 33 heavy (non-hydrogen) atoms. The van der Waals surface area contributed by atoms with Crippen molar-refractivity contribution in [3.8, 4) is 11.4 Å². The van der Waals surface area contributed by atoms with Crippen LogP contribution in [0.5, 0.6) is 5.75 Å². The quantitative estimate of drug-likeness (QED) is 0.223. The number of phenols is 1. The third-order valence-electron chi connectivity index (χ3n) is 5.66. The highest BCUT2D eigenvalue weighted by Gasteiger charge is 2.26. The predicted octanol–water partition coefficient (Wildman–Crippen LogP) is 6.96. The van der Waals surface area contributed by atoms with Gasteiger partial charge in [-0.2, -0.15) is 0 Å². The number of carbonyl (C=O) groups is 1. The molecule has 0 radical (unpaired) electrons. The Bertz CT molecular complexity index is 1440. The van der Waals surface area contributed by atoms with Gasteiger partial charge in [0.2, 0.25) is 0 Å². The van der Waals surface area contributed by atoms with Crippen molar-refractivity contribution in [2.45, 2.75) is 17.6 Å². The minimum absolute atomic E-state index is 0.149. The minimum Gasteiger partial charge on any atom is -0.507 e. The van der Waals surface area contributed by atoms with Crippen molar-refractivity contribution in [2.24, 2.45) is 0 Å². The number of esters is 1. The van der Waals surface area contributed by atoms with Gasteiger partial charge in [0, 0.05) is 38.2 Å². The number of hydrogen-bond donors (Lipinski definition) is 1. The van der Waals surface area contributed by atoms with Crippen LogP contribution in [0.4, 0.5) is 0 Å². The molecule has 0 amide bonds. The molecule has 0 aliphatic rings. The first-order valence-electron chi connectivity index (χ1n) is 10.9. The minimum atomic E-state index is -0.379. The van der Waals surface area contributed by atoms with E-state index < -0.39 is 0 Å². The third-order valence-corrected chi connectivity index (χ3v) is 6.68. The molecule has 0 aliphatic carbocycles. The Balaban J connectivity index is 1.85. The summed E-state index contributed by atoms with van der Waals surface area (Å²) < 4.78 is 7.62. The van der Waals surface area contributed by atoms with Gasteiger partial charge in [-0.1, -0.05) is 60.7 Å². The van der Waals surface area contributed by atoms with Gasteiger partial charge in [0.15, 0.2) is 0 Å². The largest absolute Gasteiger partial charge is 0.507 e. The molecule has 4 nitrogen and oxygen atoms in total. The lowest BCUT2D eigenvalue weighted by Crippen LogP contribution is -2.09. The zero-order valence-electron chi connectivity index (χ0n) is 18.2. The molecule has 1 heterocycles. The normalized spacial score (nSPS) is 11.2. The Hall–Kier alpha value is -3.70. The van der Waals surface area contributed by atoms with Crippen LogP contribution in [-0.2, 0) is 10.5 Å². The molecule has 0 atom stereocenters. The second-order valence-corrected chi connectivity index (χ2v) is 8.70. The van der Waals surface area contributed by atoms with Crippen molar-refractivity contribution in [1.82, 2.24) is 4.57 Å². The van der Waals surface area contributed by atoms with Crippen LogP contribution in [0.15, 0.2) is 95.9 Å². The fourth-order valence-electron chi connectivity index (χ4n) is 4.27. The molecular formula is C28H23NO3S. The van der Waals surface area contributed by atoms with Crippen LogP contribution in [0.25, 0.3) is 27.4 Å². The molecule has 1 aromatic heterocycles. The zero-order chi connectivity index (χ0) is 22.8. The average molecular weight is 454 g/mol. The summed E-state index contributed by atoms with van der Waals surface area (Å²) in [4.78, 5) is 14.4. The van der Waals surface area contributed by atoms with Gasteiger partial charge in [0.05, 0.1) is 17.7 Å². The molecule has 5 aromatic rings. The topological polar surface area (TPSA) is 51.5 Å². The van der Waals surface area contributed by atoms with E-state index in [4.69, 9.17) is 4.74 Å². The van der Waals surface area contributed by atoms with Gasteiger partial charge in [0.1, 0.15) is 5.75 Å². The third kappa shape index (κ3) is 3.85. The SMILES string of the molecule is CCOC(=O)c1c(CSc2ccccc2)n(-c2ccccc2)c2c1cc(O)c1ccccc12. The second kappa shape index (κ2) is 9.04. The maximum Gasteiger partial charge on any atom is 0.340 e. The van der Waals surface area contributed by atoms with Crippen LogP contribution in [0, 0.1) is 0 Å². The monoisotopic (exact) mass is 453 g/mol. The van der Waals surface area contributed by atoms with Crippen molar-refractivity contribution in [1.29, 1.82) is 0 Å². The summed E-state index contributed by atoms with van der Waals surface area (Å²) in [6.07, 6.45) is 0. The Kier molecular flexibility index (Phi) is 5.80. The molecule has 0 unspecified atom stereocenters. The molecule has 0 aliphatic heterocycles. The number of benzene rings is 4. The van der Waals surface area contributed by atoms with Crippen LogP contribution < -0.4 is 0 Å². The average Bonchev–Trinajstić information content (AvgIpc) is 3.18. The van der Waals surface area contributed by atoms with E-state index in [1.807, 2.05) is 72.8 Å². The maximum atomic E-state index is 13.3. The molecule has 0 saturated heterocycles. The van der Waals surface area contributed by atoms with Crippen molar-refractivity contribution < 1.29 is 14.6 Å². The summed E-state index contributed by atoms with van der Waals surface area (Å²) in [5.41, 5.74) is 3.19. The number of aromatic nitrogens is 1. The Labute approximate surface area is 196 Å².